The van der Waals surface area contributed by atoms with Crippen LogP contribution in [0.15, 0.2) is 34.7 Å². The Morgan fingerprint density at radius 3 is 2.21 bits per heavy atom. The van der Waals surface area contributed by atoms with Crippen LogP contribution in [-0.4, -0.2) is 69.7 Å². The number of fused-ring (bicyclic) bond motifs is 1. The van der Waals surface area contributed by atoms with E-state index in [1.807, 2.05) is 30.3 Å². The maximum atomic E-state index is 12.1. The Kier molecular flexibility index (Phi) is 7.92. The second-order valence-electron chi connectivity index (χ2n) is 8.48. The molecule has 0 saturated carbocycles. The summed E-state index contributed by atoms with van der Waals surface area (Å²) >= 11 is 5.39. The molecule has 1 fully saturated rings. The summed E-state index contributed by atoms with van der Waals surface area (Å²) in [6.45, 7) is 4.23. The van der Waals surface area contributed by atoms with Gasteiger partial charge in [0.15, 0.2) is 24.5 Å². The van der Waals surface area contributed by atoms with Crippen molar-refractivity contribution in [3.63, 3.8) is 0 Å². The summed E-state index contributed by atoms with van der Waals surface area (Å²) < 4.78 is 34.4. The van der Waals surface area contributed by atoms with E-state index in [4.69, 9.17) is 40.3 Å². The van der Waals surface area contributed by atoms with Gasteiger partial charge in [-0.1, -0.05) is 18.2 Å². The molecule has 0 radical (unpaired) electrons. The maximum absolute atomic E-state index is 12.1. The Hall–Kier alpha value is -4.04. The van der Waals surface area contributed by atoms with Gasteiger partial charge in [0.05, 0.1) is 0 Å². The van der Waals surface area contributed by atoms with Crippen LogP contribution in [0.25, 0.3) is 22.5 Å². The van der Waals surface area contributed by atoms with Gasteiger partial charge in [0.2, 0.25) is 0 Å². The normalized spacial score (nSPS) is 23.0. The summed E-state index contributed by atoms with van der Waals surface area (Å²) in [6, 6.07) is 9.35. The quantitative estimate of drug-likeness (QED) is 0.262. The van der Waals surface area contributed by atoms with Gasteiger partial charge in [-0.15, -0.1) is 5.10 Å². The number of rotatable bonds is 7. The fourth-order valence-corrected chi connectivity index (χ4v) is 4.37. The smallest absolute Gasteiger partial charge is 0.303 e. The lowest BCUT2D eigenvalue weighted by atomic mass is 9.97. The molecular weight excluding hydrogens is 522 g/mol. The van der Waals surface area contributed by atoms with Crippen LogP contribution >= 0.6 is 12.2 Å². The van der Waals surface area contributed by atoms with Gasteiger partial charge in [0.25, 0.3) is 10.7 Å². The monoisotopic (exact) mass is 547 g/mol. The van der Waals surface area contributed by atoms with Crippen LogP contribution in [0.4, 0.5) is 0 Å². The minimum absolute atomic E-state index is 0.110. The number of carbonyl (C=O) groups excluding carboxylic acids is 4. The second-order valence-corrected chi connectivity index (χ2v) is 8.83. The molecule has 4 rings (SSSR count). The van der Waals surface area contributed by atoms with E-state index in [1.54, 1.807) is 0 Å². The molecule has 5 atom stereocenters. The molecule has 1 N–H and O–H groups in total. The molecule has 1 saturated heterocycles. The predicted molar refractivity (Wildman–Crippen MR) is 130 cm³/mol. The Morgan fingerprint density at radius 2 is 1.58 bits per heavy atom. The van der Waals surface area contributed by atoms with Crippen LogP contribution in [0.1, 0.15) is 33.9 Å². The summed E-state index contributed by atoms with van der Waals surface area (Å²) in [4.78, 5) is 50.6. The molecule has 0 unspecified atom stereocenters. The molecule has 1 aromatic carbocycles. The number of ether oxygens (including phenoxy) is 5. The van der Waals surface area contributed by atoms with Crippen molar-refractivity contribution in [2.24, 2.45) is 0 Å². The Bertz CT molecular complexity index is 1390. The molecule has 1 aliphatic rings. The third kappa shape index (κ3) is 5.92. The number of nitrogens with zero attached hydrogens (tertiary/aromatic N) is 2. The molecule has 2 aromatic heterocycles. The van der Waals surface area contributed by atoms with Gasteiger partial charge in [0, 0.05) is 38.6 Å². The van der Waals surface area contributed by atoms with Gasteiger partial charge in [-0.3, -0.25) is 19.2 Å². The lowest BCUT2D eigenvalue weighted by Crippen LogP contribution is -2.60. The molecule has 13 nitrogen and oxygen atoms in total. The Labute approximate surface area is 220 Å². The van der Waals surface area contributed by atoms with Crippen molar-refractivity contribution in [3.05, 3.63) is 35.2 Å². The van der Waals surface area contributed by atoms with Gasteiger partial charge < -0.3 is 33.1 Å². The zero-order chi connectivity index (χ0) is 27.6. The van der Waals surface area contributed by atoms with Crippen LogP contribution in [-0.2, 0) is 42.9 Å². The van der Waals surface area contributed by atoms with Gasteiger partial charge >= 0.3 is 23.9 Å². The fourth-order valence-electron chi connectivity index (χ4n) is 4.15. The van der Waals surface area contributed by atoms with E-state index >= 15 is 0 Å². The van der Waals surface area contributed by atoms with E-state index in [-0.39, 0.29) is 17.3 Å². The third-order valence-corrected chi connectivity index (χ3v) is 5.81. The lowest BCUT2D eigenvalue weighted by molar-refractivity contribution is -0.270. The molecule has 0 aliphatic carbocycles. The standard InChI is InChI=1S/C24H25N3O10S/c1-11(28)32-10-18-19(33-12(2)29)20(34-13(3)30)21(35-14(4)31)23(36-18)27-24(38)37-22(26-27)17-9-15-7-5-6-8-16(15)25-17/h5-9,18-21,23,25H,10H2,1-4H3/t18-,19-,20+,21-,23-/m1/s1. The number of aromatic amines is 1. The first-order valence-electron chi connectivity index (χ1n) is 11.5. The van der Waals surface area contributed by atoms with Crippen LogP contribution in [0.3, 0.4) is 0 Å². The molecule has 14 heteroatoms. The molecule has 1 aliphatic heterocycles. The second kappa shape index (κ2) is 11.1. The average Bonchev–Trinajstić information content (AvgIpc) is 3.43. The number of hydrogen-bond acceptors (Lipinski definition) is 12. The number of hydrogen-bond donors (Lipinski definition) is 1. The molecule has 0 spiro atoms. The lowest BCUT2D eigenvalue weighted by Gasteiger charge is -2.43. The first-order valence-corrected chi connectivity index (χ1v) is 11.9. The van der Waals surface area contributed by atoms with Crippen LogP contribution in [0, 0.1) is 4.84 Å². The highest BCUT2D eigenvalue weighted by Gasteiger charge is 2.53. The molecule has 0 bridgehead atoms. The summed E-state index contributed by atoms with van der Waals surface area (Å²) in [6.07, 6.45) is -6.51. The minimum atomic E-state index is -1.37. The highest BCUT2D eigenvalue weighted by atomic mass is 32.1. The largest absolute Gasteiger partial charge is 0.463 e. The number of esters is 4. The summed E-state index contributed by atoms with van der Waals surface area (Å²) in [5.74, 6) is -2.75. The van der Waals surface area contributed by atoms with E-state index < -0.39 is 54.5 Å². The van der Waals surface area contributed by atoms with Crippen molar-refractivity contribution in [2.45, 2.75) is 58.3 Å². The Balaban J connectivity index is 1.79. The molecule has 202 valence electrons. The van der Waals surface area contributed by atoms with E-state index in [2.05, 4.69) is 10.1 Å². The molecule has 38 heavy (non-hydrogen) atoms. The maximum Gasteiger partial charge on any atom is 0.303 e. The van der Waals surface area contributed by atoms with Gasteiger partial charge in [-0.2, -0.15) is 4.68 Å². The van der Waals surface area contributed by atoms with Gasteiger partial charge in [-0.05, 0) is 24.4 Å². The molecule has 0 amide bonds. The third-order valence-electron chi connectivity index (χ3n) is 5.54. The van der Waals surface area contributed by atoms with Crippen LogP contribution < -0.4 is 0 Å². The van der Waals surface area contributed by atoms with E-state index in [9.17, 15) is 19.2 Å². The average molecular weight is 548 g/mol. The zero-order valence-corrected chi connectivity index (χ0v) is 21.7. The molecule has 3 heterocycles. The summed E-state index contributed by atoms with van der Waals surface area (Å²) in [5.41, 5.74) is 1.35. The SMILES string of the molecule is CC(=O)OC[C@H]1O[C@@H](n2nc(-c3cc4ccccc4[nH]3)oc2=S)[C@H](OC(C)=O)[C@@H](OC(C)=O)[C@@H]1OC(C)=O. The van der Waals surface area contributed by atoms with Crippen molar-refractivity contribution < 1.29 is 47.3 Å². The predicted octanol–water partition coefficient (Wildman–Crippen LogP) is 2.61. The van der Waals surface area contributed by atoms with Gasteiger partial charge in [0.1, 0.15) is 18.4 Å². The highest BCUT2D eigenvalue weighted by Crippen LogP contribution is 2.35. The van der Waals surface area contributed by atoms with Crippen molar-refractivity contribution in [1.29, 1.82) is 0 Å². The van der Waals surface area contributed by atoms with E-state index in [1.165, 1.54) is 6.92 Å². The topological polar surface area (TPSA) is 161 Å². The van der Waals surface area contributed by atoms with Gasteiger partial charge in [-0.25, -0.2) is 0 Å². The highest BCUT2D eigenvalue weighted by molar-refractivity contribution is 7.71. The number of nitrogens with one attached hydrogen (secondary N) is 1. The number of aromatic nitrogens is 3. The number of carbonyl (C=O) groups is 4. The van der Waals surface area contributed by atoms with Crippen molar-refractivity contribution in [2.75, 3.05) is 6.61 Å². The summed E-state index contributed by atoms with van der Waals surface area (Å²) in [7, 11) is 0. The van der Waals surface area contributed by atoms with Crippen molar-refractivity contribution >= 4 is 47.0 Å². The zero-order valence-electron chi connectivity index (χ0n) is 20.9. The van der Waals surface area contributed by atoms with E-state index in [0.717, 1.165) is 36.4 Å². The summed E-state index contributed by atoms with van der Waals surface area (Å²) in [5, 5.41) is 5.34. The fraction of sp³-hybridized carbons (Fsp3) is 0.417. The number of H-pyrrole nitrogens is 1. The Morgan fingerprint density at radius 1 is 0.947 bits per heavy atom. The van der Waals surface area contributed by atoms with E-state index in [0.29, 0.717) is 5.69 Å². The first-order chi connectivity index (χ1) is 18.0. The first kappa shape index (κ1) is 27.0. The van der Waals surface area contributed by atoms with Crippen LogP contribution in [0.5, 0.6) is 0 Å². The van der Waals surface area contributed by atoms with Crippen molar-refractivity contribution in [1.82, 2.24) is 14.8 Å². The molecule has 3 aromatic rings. The van der Waals surface area contributed by atoms with Crippen LogP contribution in [0.2, 0.25) is 0 Å². The minimum Gasteiger partial charge on any atom is -0.463 e. The van der Waals surface area contributed by atoms with Crippen molar-refractivity contribution in [3.8, 4) is 11.6 Å². The number of benzene rings is 1. The molecular formula is C24H25N3O10S. The number of para-hydroxylation sites is 1.